The molecule has 4 unspecified atom stereocenters. The van der Waals surface area contributed by atoms with E-state index in [1.807, 2.05) is 0 Å². The van der Waals surface area contributed by atoms with Crippen molar-refractivity contribution < 1.29 is 0 Å². The van der Waals surface area contributed by atoms with E-state index in [0.717, 1.165) is 0 Å². The molecule has 0 amide bonds. The van der Waals surface area contributed by atoms with Crippen LogP contribution in [-0.2, 0) is 0 Å². The van der Waals surface area contributed by atoms with Crippen molar-refractivity contribution in [3.8, 4) is 0 Å². The summed E-state index contributed by atoms with van der Waals surface area (Å²) >= 11 is 7.65. The molecule has 0 bridgehead atoms. The largest absolute Gasteiger partial charge is 0.309 e. The lowest BCUT2D eigenvalue weighted by atomic mass is 9.91. The van der Waals surface area contributed by atoms with Crippen molar-refractivity contribution in [3.05, 3.63) is 0 Å². The average molecular weight is 339 g/mol. The quantitative estimate of drug-likeness (QED) is 0.751. The van der Waals surface area contributed by atoms with Crippen LogP contribution in [0.3, 0.4) is 0 Å². The van der Waals surface area contributed by atoms with Crippen molar-refractivity contribution >= 4 is 31.9 Å². The highest BCUT2D eigenvalue weighted by molar-refractivity contribution is 9.09. The molecule has 1 nitrogen and oxygen atoms in total. The van der Waals surface area contributed by atoms with E-state index >= 15 is 0 Å². The first-order valence-electron chi connectivity index (χ1n) is 6.31. The first-order valence-corrected chi connectivity index (χ1v) is 8.14. The summed E-state index contributed by atoms with van der Waals surface area (Å²) in [5, 5.41) is 3.86. The minimum absolute atomic E-state index is 0.702. The Morgan fingerprint density at radius 3 is 1.47 bits per heavy atom. The molecule has 0 aromatic carbocycles. The molecule has 2 saturated carbocycles. The number of halogens is 2. The van der Waals surface area contributed by atoms with Crippen molar-refractivity contribution in [2.45, 2.75) is 73.1 Å². The van der Waals surface area contributed by atoms with Crippen molar-refractivity contribution in [1.29, 1.82) is 0 Å². The molecule has 0 spiro atoms. The second-order valence-electron chi connectivity index (χ2n) is 4.98. The first-order chi connectivity index (χ1) is 7.27. The molecule has 0 radical (unpaired) electrons. The smallest absolute Gasteiger partial charge is 0.0299 e. The Bertz CT molecular complexity index is 178. The average Bonchev–Trinajstić information content (AvgIpc) is 2.24. The summed E-state index contributed by atoms with van der Waals surface area (Å²) in [5.41, 5.74) is 0. The molecule has 88 valence electrons. The molecule has 2 aliphatic rings. The lowest BCUT2D eigenvalue weighted by Crippen LogP contribution is -2.49. The van der Waals surface area contributed by atoms with Crippen LogP contribution >= 0.6 is 31.9 Å². The van der Waals surface area contributed by atoms with Gasteiger partial charge < -0.3 is 5.32 Å². The minimum Gasteiger partial charge on any atom is -0.309 e. The van der Waals surface area contributed by atoms with Crippen molar-refractivity contribution in [3.63, 3.8) is 0 Å². The number of hydrogen-bond acceptors (Lipinski definition) is 1. The number of hydrogen-bond donors (Lipinski definition) is 1. The Balaban J connectivity index is 1.83. The zero-order valence-electron chi connectivity index (χ0n) is 9.22. The normalized spacial score (nSPS) is 42.8. The zero-order valence-corrected chi connectivity index (χ0v) is 12.4. The van der Waals surface area contributed by atoms with E-state index in [4.69, 9.17) is 0 Å². The predicted octanol–water partition coefficient (Wildman–Crippen LogP) is 3.99. The maximum Gasteiger partial charge on any atom is 0.0299 e. The second kappa shape index (κ2) is 6.02. The highest BCUT2D eigenvalue weighted by Crippen LogP contribution is 2.29. The van der Waals surface area contributed by atoms with Gasteiger partial charge in [-0.2, -0.15) is 0 Å². The summed E-state index contributed by atoms with van der Waals surface area (Å²) in [6, 6.07) is 1.42. The van der Waals surface area contributed by atoms with Gasteiger partial charge in [0.2, 0.25) is 0 Å². The summed E-state index contributed by atoms with van der Waals surface area (Å²) in [6.45, 7) is 0. The monoisotopic (exact) mass is 337 g/mol. The lowest BCUT2D eigenvalue weighted by molar-refractivity contribution is 0.306. The Morgan fingerprint density at radius 2 is 1.07 bits per heavy atom. The zero-order chi connectivity index (χ0) is 10.7. The topological polar surface area (TPSA) is 12.0 Å². The van der Waals surface area contributed by atoms with E-state index in [-0.39, 0.29) is 0 Å². The Kier molecular flexibility index (Phi) is 4.97. The van der Waals surface area contributed by atoms with Crippen LogP contribution < -0.4 is 5.32 Å². The van der Waals surface area contributed by atoms with Gasteiger partial charge in [0.15, 0.2) is 0 Å². The predicted molar refractivity (Wildman–Crippen MR) is 73.1 cm³/mol. The highest BCUT2D eigenvalue weighted by atomic mass is 79.9. The number of nitrogens with one attached hydrogen (secondary N) is 1. The van der Waals surface area contributed by atoms with Crippen LogP contribution in [0.2, 0.25) is 0 Å². The van der Waals surface area contributed by atoms with Gasteiger partial charge >= 0.3 is 0 Å². The Labute approximate surface area is 110 Å². The Hall–Kier alpha value is 0.920. The molecule has 0 heterocycles. The first kappa shape index (κ1) is 12.4. The highest BCUT2D eigenvalue weighted by Gasteiger charge is 2.29. The molecule has 2 rings (SSSR count). The van der Waals surface area contributed by atoms with E-state index in [1.54, 1.807) is 0 Å². The van der Waals surface area contributed by atoms with Gasteiger partial charge in [0.1, 0.15) is 0 Å². The van der Waals surface area contributed by atoms with Gasteiger partial charge in [0.25, 0.3) is 0 Å². The molecule has 0 aromatic rings. The lowest BCUT2D eigenvalue weighted by Gasteiger charge is -2.36. The molecular weight excluding hydrogens is 318 g/mol. The third-order valence-corrected chi connectivity index (χ3v) is 5.98. The Morgan fingerprint density at radius 1 is 0.667 bits per heavy atom. The van der Waals surface area contributed by atoms with Crippen molar-refractivity contribution in [2.75, 3.05) is 0 Å². The van der Waals surface area contributed by atoms with E-state index in [9.17, 15) is 0 Å². The van der Waals surface area contributed by atoms with Crippen LogP contribution in [0.15, 0.2) is 0 Å². The molecular formula is C12H21Br2N. The molecule has 2 fully saturated rings. The maximum atomic E-state index is 3.86. The van der Waals surface area contributed by atoms with Crippen LogP contribution in [0.5, 0.6) is 0 Å². The fraction of sp³-hybridized carbons (Fsp3) is 1.00. The summed E-state index contributed by atoms with van der Waals surface area (Å²) in [5.74, 6) is 0. The molecule has 2 aliphatic carbocycles. The second-order valence-corrected chi connectivity index (χ2v) is 7.33. The fourth-order valence-corrected chi connectivity index (χ4v) is 4.30. The fourth-order valence-electron chi connectivity index (χ4n) is 2.82. The number of alkyl halides is 2. The van der Waals surface area contributed by atoms with Gasteiger partial charge in [-0.1, -0.05) is 57.5 Å². The van der Waals surface area contributed by atoms with Gasteiger partial charge in [0, 0.05) is 21.7 Å². The van der Waals surface area contributed by atoms with Crippen LogP contribution in [0, 0.1) is 0 Å². The van der Waals surface area contributed by atoms with Crippen LogP contribution in [-0.4, -0.2) is 21.7 Å². The standard InChI is InChI=1S/C12H21Br2N/c13-9-5-1-3-7-11(9)15-12-8-4-2-6-10(12)14/h9-12,15H,1-8H2. The molecule has 15 heavy (non-hydrogen) atoms. The van der Waals surface area contributed by atoms with Crippen LogP contribution in [0.25, 0.3) is 0 Å². The maximum absolute atomic E-state index is 3.86. The number of rotatable bonds is 2. The minimum atomic E-state index is 0.702. The van der Waals surface area contributed by atoms with Gasteiger partial charge in [-0.3, -0.25) is 0 Å². The SMILES string of the molecule is BrC1CCCCC1NC1CCCCC1Br. The summed E-state index contributed by atoms with van der Waals surface area (Å²) in [7, 11) is 0. The van der Waals surface area contributed by atoms with Gasteiger partial charge in [-0.15, -0.1) is 0 Å². The summed E-state index contributed by atoms with van der Waals surface area (Å²) < 4.78 is 0. The molecule has 3 heteroatoms. The molecule has 0 saturated heterocycles. The van der Waals surface area contributed by atoms with E-state index in [1.165, 1.54) is 51.4 Å². The van der Waals surface area contributed by atoms with E-state index in [2.05, 4.69) is 37.2 Å². The van der Waals surface area contributed by atoms with Crippen LogP contribution in [0.4, 0.5) is 0 Å². The van der Waals surface area contributed by atoms with Crippen molar-refractivity contribution in [2.24, 2.45) is 0 Å². The van der Waals surface area contributed by atoms with E-state index in [0.29, 0.717) is 21.7 Å². The van der Waals surface area contributed by atoms with Gasteiger partial charge in [-0.05, 0) is 25.7 Å². The van der Waals surface area contributed by atoms with E-state index < -0.39 is 0 Å². The summed E-state index contributed by atoms with van der Waals surface area (Å²) in [6.07, 6.45) is 11.0. The van der Waals surface area contributed by atoms with Crippen LogP contribution in [0.1, 0.15) is 51.4 Å². The van der Waals surface area contributed by atoms with Gasteiger partial charge in [-0.25, -0.2) is 0 Å². The third kappa shape index (κ3) is 3.44. The molecule has 0 aliphatic heterocycles. The molecule has 1 N–H and O–H groups in total. The molecule has 4 atom stereocenters. The summed E-state index contributed by atoms with van der Waals surface area (Å²) in [4.78, 5) is 1.40. The molecule has 0 aromatic heterocycles. The van der Waals surface area contributed by atoms with Crippen molar-refractivity contribution in [1.82, 2.24) is 5.32 Å². The van der Waals surface area contributed by atoms with Gasteiger partial charge in [0.05, 0.1) is 0 Å². The third-order valence-electron chi connectivity index (χ3n) is 3.79.